The van der Waals surface area contributed by atoms with Gasteiger partial charge in [0.25, 0.3) is 0 Å². The van der Waals surface area contributed by atoms with Gasteiger partial charge in [-0.25, -0.2) is 8.78 Å². The maximum Gasteiger partial charge on any atom is 0.309 e. The molecule has 2 heterocycles. The highest BCUT2D eigenvalue weighted by Crippen LogP contribution is 2.45. The van der Waals surface area contributed by atoms with E-state index in [4.69, 9.17) is 9.47 Å². The van der Waals surface area contributed by atoms with Crippen LogP contribution in [-0.4, -0.2) is 109 Å². The lowest BCUT2D eigenvalue weighted by molar-refractivity contribution is -0.153. The minimum Gasteiger partial charge on any atom is -0.465 e. The number of hydrogen-bond donors (Lipinski definition) is 2. The van der Waals surface area contributed by atoms with Crippen LogP contribution >= 0.6 is 0 Å². The molecule has 5 aliphatic carbocycles. The van der Waals surface area contributed by atoms with E-state index in [1.807, 2.05) is 6.07 Å². The Balaban J connectivity index is 0.842. The number of halogens is 2. The SMILES string of the molecule is N#CC1CC(F)CN1C(=O)CNC1(CCCC(=O)OCC2CCC(COC(=O)C3CCC4(NCC(=O)N5CC[C@H](F)C5)CCC3CC4)CC2)CCCCC1. The highest BCUT2D eigenvalue weighted by atomic mass is 19.1. The number of amides is 2. The number of carbonyl (C=O) groups is 4. The largest absolute Gasteiger partial charge is 0.465 e. The van der Waals surface area contributed by atoms with E-state index in [1.54, 1.807) is 4.90 Å². The topological polar surface area (TPSA) is 141 Å². The zero-order valence-electron chi connectivity index (χ0n) is 32.2. The number of rotatable bonds is 15. The molecular weight excluding hydrogens is 696 g/mol. The number of carbonyl (C=O) groups excluding carboxylic acids is 4. The fourth-order valence-electron chi connectivity index (χ4n) is 10.4. The molecule has 54 heavy (non-hydrogen) atoms. The van der Waals surface area contributed by atoms with E-state index >= 15 is 0 Å². The molecule has 0 spiro atoms. The van der Waals surface area contributed by atoms with Crippen molar-refractivity contribution in [3.8, 4) is 6.07 Å². The Kier molecular flexibility index (Phi) is 14.2. The van der Waals surface area contributed by atoms with Crippen molar-refractivity contribution in [3.63, 3.8) is 0 Å². The first-order valence-electron chi connectivity index (χ1n) is 21.1. The summed E-state index contributed by atoms with van der Waals surface area (Å²) in [5.41, 5.74) is -0.366. The maximum atomic E-state index is 13.9. The first-order chi connectivity index (χ1) is 26.1. The summed E-state index contributed by atoms with van der Waals surface area (Å²) in [5.74, 6) is 0.295. The molecule has 2 saturated heterocycles. The zero-order valence-corrected chi connectivity index (χ0v) is 32.2. The molecule has 0 radical (unpaired) electrons. The summed E-state index contributed by atoms with van der Waals surface area (Å²) in [6.45, 7) is 1.82. The number of alkyl halides is 2. The van der Waals surface area contributed by atoms with E-state index < -0.39 is 18.4 Å². The van der Waals surface area contributed by atoms with Gasteiger partial charge in [-0.15, -0.1) is 0 Å². The third-order valence-corrected chi connectivity index (χ3v) is 14.0. The van der Waals surface area contributed by atoms with Crippen LogP contribution < -0.4 is 10.6 Å². The summed E-state index contributed by atoms with van der Waals surface area (Å²) in [6, 6.07) is 1.34. The molecule has 5 saturated carbocycles. The van der Waals surface area contributed by atoms with Crippen LogP contribution in [0.25, 0.3) is 0 Å². The number of esters is 2. The summed E-state index contributed by atoms with van der Waals surface area (Å²) in [6.07, 6.45) is 14.4. The molecule has 302 valence electrons. The predicted octanol–water partition coefficient (Wildman–Crippen LogP) is 5.30. The third kappa shape index (κ3) is 10.7. The molecule has 0 aromatic carbocycles. The molecule has 4 atom stereocenters. The first-order valence-corrected chi connectivity index (χ1v) is 21.1. The van der Waals surface area contributed by atoms with Crippen molar-refractivity contribution in [2.24, 2.45) is 23.7 Å². The summed E-state index contributed by atoms with van der Waals surface area (Å²) in [7, 11) is 0. The molecule has 7 rings (SSSR count). The van der Waals surface area contributed by atoms with Crippen molar-refractivity contribution in [3.05, 3.63) is 0 Å². The van der Waals surface area contributed by atoms with Crippen LogP contribution in [0.15, 0.2) is 0 Å². The van der Waals surface area contributed by atoms with Gasteiger partial charge < -0.3 is 29.9 Å². The summed E-state index contributed by atoms with van der Waals surface area (Å²) >= 11 is 0. The molecule has 7 fully saturated rings. The molecule has 0 aromatic rings. The van der Waals surface area contributed by atoms with Crippen LogP contribution in [0.2, 0.25) is 0 Å². The van der Waals surface area contributed by atoms with Gasteiger partial charge in [0, 0.05) is 30.5 Å². The van der Waals surface area contributed by atoms with Crippen molar-refractivity contribution in [2.45, 2.75) is 158 Å². The number of nitrogens with one attached hydrogen (secondary N) is 2. The lowest BCUT2D eigenvalue weighted by atomic mass is 9.76. The Bertz CT molecular complexity index is 1340. The van der Waals surface area contributed by atoms with Crippen molar-refractivity contribution >= 4 is 23.8 Å². The number of ether oxygens (including phenoxy) is 2. The first kappa shape index (κ1) is 40.8. The second-order valence-electron chi connectivity index (χ2n) is 17.6. The van der Waals surface area contributed by atoms with Gasteiger partial charge in [0.15, 0.2) is 0 Å². The highest BCUT2D eigenvalue weighted by Gasteiger charge is 2.45. The molecule has 11 nitrogen and oxygen atoms in total. The number of hydrogen-bond acceptors (Lipinski definition) is 9. The van der Waals surface area contributed by atoms with Crippen LogP contribution in [0.4, 0.5) is 8.78 Å². The number of fused-ring (bicyclic) bond motifs is 4. The van der Waals surface area contributed by atoms with E-state index in [0.717, 1.165) is 103 Å². The van der Waals surface area contributed by atoms with E-state index in [-0.39, 0.29) is 73.3 Å². The van der Waals surface area contributed by atoms with Crippen LogP contribution in [-0.2, 0) is 28.7 Å². The van der Waals surface area contributed by atoms with Crippen LogP contribution in [0, 0.1) is 35.0 Å². The smallest absolute Gasteiger partial charge is 0.309 e. The van der Waals surface area contributed by atoms with Crippen molar-refractivity contribution in [1.82, 2.24) is 20.4 Å². The Labute approximate surface area is 320 Å². The van der Waals surface area contributed by atoms with Gasteiger partial charge >= 0.3 is 11.9 Å². The minimum absolute atomic E-state index is 0.0232. The Morgan fingerprint density at radius 2 is 1.43 bits per heavy atom. The maximum absolute atomic E-state index is 13.9. The normalized spacial score (nSPS) is 33.5. The summed E-state index contributed by atoms with van der Waals surface area (Å²) in [4.78, 5) is 54.5. The third-order valence-electron chi connectivity index (χ3n) is 14.0. The van der Waals surface area contributed by atoms with Crippen LogP contribution in [0.5, 0.6) is 0 Å². The summed E-state index contributed by atoms with van der Waals surface area (Å²) in [5, 5.41) is 16.3. The number of nitriles is 1. The van der Waals surface area contributed by atoms with Crippen molar-refractivity contribution in [1.29, 1.82) is 5.26 Å². The highest BCUT2D eigenvalue weighted by molar-refractivity contribution is 5.79. The van der Waals surface area contributed by atoms with Gasteiger partial charge in [0.2, 0.25) is 11.8 Å². The van der Waals surface area contributed by atoms with Crippen molar-refractivity contribution in [2.75, 3.05) is 45.9 Å². The van der Waals surface area contributed by atoms with Gasteiger partial charge in [0.1, 0.15) is 18.4 Å². The molecule has 7 aliphatic rings. The summed E-state index contributed by atoms with van der Waals surface area (Å²) < 4.78 is 39.1. The number of likely N-dealkylation sites (tertiary alicyclic amines) is 2. The molecule has 2 aliphatic heterocycles. The molecule has 0 aromatic heterocycles. The Hall–Kier alpha value is -2.85. The quantitative estimate of drug-likeness (QED) is 0.213. The Morgan fingerprint density at radius 1 is 0.759 bits per heavy atom. The second-order valence-corrected chi connectivity index (χ2v) is 17.6. The molecule has 13 heteroatoms. The average Bonchev–Trinajstić information content (AvgIpc) is 3.69. The predicted molar refractivity (Wildman–Crippen MR) is 197 cm³/mol. The van der Waals surface area contributed by atoms with Gasteiger partial charge in [-0.2, -0.15) is 5.26 Å². The van der Waals surface area contributed by atoms with E-state index in [2.05, 4.69) is 10.6 Å². The lowest BCUT2D eigenvalue weighted by Gasteiger charge is -2.39. The van der Waals surface area contributed by atoms with Crippen LogP contribution in [0.1, 0.15) is 128 Å². The monoisotopic (exact) mass is 759 g/mol. The zero-order chi connectivity index (χ0) is 38.1. The second kappa shape index (κ2) is 18.9. The average molecular weight is 760 g/mol. The Morgan fingerprint density at radius 3 is 2.09 bits per heavy atom. The van der Waals surface area contributed by atoms with Crippen LogP contribution in [0.3, 0.4) is 0 Å². The fourth-order valence-corrected chi connectivity index (χ4v) is 10.4. The van der Waals surface area contributed by atoms with E-state index in [0.29, 0.717) is 56.8 Å². The van der Waals surface area contributed by atoms with Gasteiger partial charge in [-0.1, -0.05) is 19.3 Å². The molecule has 2 bridgehead atoms. The molecule has 2 amide bonds. The number of nitrogens with zero attached hydrogens (tertiary/aromatic N) is 3. The molecule has 2 N–H and O–H groups in total. The molecular formula is C41H63F2N5O6. The van der Waals surface area contributed by atoms with Crippen molar-refractivity contribution < 1.29 is 37.4 Å². The van der Waals surface area contributed by atoms with Gasteiger partial charge in [-0.05, 0) is 114 Å². The van der Waals surface area contributed by atoms with Gasteiger partial charge in [0.05, 0.1) is 51.4 Å². The fraction of sp³-hybridized carbons (Fsp3) is 0.878. The van der Waals surface area contributed by atoms with E-state index in [1.165, 1.54) is 4.90 Å². The van der Waals surface area contributed by atoms with Gasteiger partial charge in [-0.3, -0.25) is 19.2 Å². The lowest BCUT2D eigenvalue weighted by Crippen LogP contribution is -2.51. The standard InChI is InChI=1S/C41H63F2N5O6/c42-32-13-20-47(25-32)36(49)23-45-41-17-10-31(11-18-41)35(12-19-41)39(52)54-28-30-8-6-29(7-9-30)27-53-38(51)5-4-16-40(14-2-1-3-15-40)46-24-37(50)48-26-33(43)21-34(48)22-44/h29-35,45-46H,1-21,23-28H2/t29?,30?,31?,32-,33?,34?,35?,41?/m0/s1. The molecule has 3 unspecified atom stereocenters. The van der Waals surface area contributed by atoms with E-state index in [9.17, 15) is 33.2 Å². The minimum atomic E-state index is -1.15.